The van der Waals surface area contributed by atoms with Crippen molar-refractivity contribution in [1.82, 2.24) is 5.32 Å². The average Bonchev–Trinajstić information content (AvgIpc) is 2.26. The molecule has 1 aromatic rings. The quantitative estimate of drug-likeness (QED) is 0.705. The van der Waals surface area contributed by atoms with E-state index in [-0.39, 0.29) is 0 Å². The maximum absolute atomic E-state index is 10.9. The van der Waals surface area contributed by atoms with Gasteiger partial charge in [-0.2, -0.15) is 0 Å². The summed E-state index contributed by atoms with van der Waals surface area (Å²) in [5.74, 6) is -0.0859. The van der Waals surface area contributed by atoms with E-state index in [0.29, 0.717) is 5.56 Å². The highest BCUT2D eigenvalue weighted by Gasteiger charge is 2.20. The molecule has 0 heterocycles. The number of terminal acetylenes is 1. The number of carboxylic acid groups (broad SMARTS) is 1. The Balaban J connectivity index is 2.90. The fraction of sp³-hybridized carbons (Fsp3) is 0.0909. The van der Waals surface area contributed by atoms with Gasteiger partial charge in [0.1, 0.15) is 0 Å². The fourth-order valence-corrected chi connectivity index (χ4v) is 1.11. The molecule has 0 bridgehead atoms. The minimum atomic E-state index is -1.15. The third-order valence-corrected chi connectivity index (χ3v) is 1.79. The number of hydrogen-bond donors (Lipinski definition) is 2. The summed E-state index contributed by atoms with van der Waals surface area (Å²) in [6.45, 7) is 0. The molecule has 0 spiro atoms. The molecule has 1 atom stereocenters. The number of aliphatic carboxylic acids is 1. The second kappa shape index (κ2) is 4.82. The van der Waals surface area contributed by atoms with Crippen molar-refractivity contribution in [3.63, 3.8) is 0 Å². The van der Waals surface area contributed by atoms with Gasteiger partial charge in [0.05, 0.1) is 0 Å². The topological polar surface area (TPSA) is 66.4 Å². The first-order valence-corrected chi connectivity index (χ1v) is 4.20. The Morgan fingerprint density at radius 1 is 1.33 bits per heavy atom. The van der Waals surface area contributed by atoms with E-state index in [2.05, 4.69) is 5.32 Å². The largest absolute Gasteiger partial charge is 0.479 e. The summed E-state index contributed by atoms with van der Waals surface area (Å²) in [5, 5.41) is 11.1. The first-order chi connectivity index (χ1) is 7.15. The summed E-state index contributed by atoms with van der Waals surface area (Å²) in [6, 6.07) is 7.24. The standard InChI is InChI=1S/C11H9NO3/c1-2-9(13)12-10(11(14)15)8-6-4-3-5-7-8/h1,3-7,10H,(H,12,13)(H,14,15)/t10-/m0/s1. The Labute approximate surface area is 86.9 Å². The lowest BCUT2D eigenvalue weighted by atomic mass is 10.1. The highest BCUT2D eigenvalue weighted by Crippen LogP contribution is 2.12. The van der Waals surface area contributed by atoms with Gasteiger partial charge in [0.25, 0.3) is 5.91 Å². The van der Waals surface area contributed by atoms with Gasteiger partial charge < -0.3 is 10.4 Å². The molecule has 15 heavy (non-hydrogen) atoms. The van der Waals surface area contributed by atoms with Gasteiger partial charge in [0.15, 0.2) is 6.04 Å². The molecule has 0 aliphatic carbocycles. The van der Waals surface area contributed by atoms with E-state index in [4.69, 9.17) is 11.5 Å². The molecule has 0 fully saturated rings. The molecular formula is C11H9NO3. The van der Waals surface area contributed by atoms with Crippen LogP contribution in [-0.2, 0) is 9.59 Å². The first kappa shape index (κ1) is 10.8. The first-order valence-electron chi connectivity index (χ1n) is 4.20. The van der Waals surface area contributed by atoms with Gasteiger partial charge in [0, 0.05) is 0 Å². The van der Waals surface area contributed by atoms with Crippen LogP contribution >= 0.6 is 0 Å². The summed E-state index contributed by atoms with van der Waals surface area (Å²) < 4.78 is 0. The van der Waals surface area contributed by atoms with Gasteiger partial charge in [0.2, 0.25) is 0 Å². The molecule has 0 radical (unpaired) electrons. The monoisotopic (exact) mass is 203 g/mol. The summed E-state index contributed by atoms with van der Waals surface area (Å²) in [4.78, 5) is 21.8. The number of amides is 1. The summed E-state index contributed by atoms with van der Waals surface area (Å²) in [5.41, 5.74) is 0.480. The maximum Gasteiger partial charge on any atom is 0.330 e. The van der Waals surface area contributed by atoms with Crippen molar-refractivity contribution in [2.75, 3.05) is 0 Å². The van der Waals surface area contributed by atoms with Crippen molar-refractivity contribution >= 4 is 11.9 Å². The molecule has 76 valence electrons. The molecule has 0 aliphatic rings. The summed E-state index contributed by atoms with van der Waals surface area (Å²) in [7, 11) is 0. The number of hydrogen-bond acceptors (Lipinski definition) is 2. The van der Waals surface area contributed by atoms with Gasteiger partial charge in [-0.15, -0.1) is 6.42 Å². The van der Waals surface area contributed by atoms with E-state index in [1.807, 2.05) is 0 Å². The van der Waals surface area contributed by atoms with Crippen LogP contribution in [0, 0.1) is 12.3 Å². The Kier molecular flexibility index (Phi) is 3.47. The van der Waals surface area contributed by atoms with Crippen LogP contribution < -0.4 is 5.32 Å². The molecule has 4 nitrogen and oxygen atoms in total. The highest BCUT2D eigenvalue weighted by atomic mass is 16.4. The Hall–Kier alpha value is -2.28. The fourth-order valence-electron chi connectivity index (χ4n) is 1.11. The summed E-state index contributed by atoms with van der Waals surface area (Å²) in [6.07, 6.45) is 4.84. The Bertz CT molecular complexity index is 406. The zero-order chi connectivity index (χ0) is 11.3. The zero-order valence-corrected chi connectivity index (χ0v) is 7.81. The van der Waals surface area contributed by atoms with Crippen molar-refractivity contribution in [1.29, 1.82) is 0 Å². The van der Waals surface area contributed by atoms with Crippen LogP contribution in [0.15, 0.2) is 30.3 Å². The Morgan fingerprint density at radius 3 is 2.40 bits per heavy atom. The van der Waals surface area contributed by atoms with E-state index in [0.717, 1.165) is 0 Å². The number of carbonyl (C=O) groups excluding carboxylic acids is 1. The van der Waals surface area contributed by atoms with Gasteiger partial charge in [-0.25, -0.2) is 4.79 Å². The lowest BCUT2D eigenvalue weighted by Crippen LogP contribution is -2.32. The molecule has 1 rings (SSSR count). The van der Waals surface area contributed by atoms with Gasteiger partial charge in [-0.3, -0.25) is 4.79 Å². The van der Waals surface area contributed by atoms with Crippen molar-refractivity contribution < 1.29 is 14.7 Å². The third kappa shape index (κ3) is 2.85. The molecule has 0 aliphatic heterocycles. The number of carbonyl (C=O) groups is 2. The van der Waals surface area contributed by atoms with Gasteiger partial charge >= 0.3 is 5.97 Å². The lowest BCUT2D eigenvalue weighted by Gasteiger charge is -2.12. The van der Waals surface area contributed by atoms with Crippen LogP contribution in [0.5, 0.6) is 0 Å². The molecule has 0 unspecified atom stereocenters. The normalized spacial score (nSPS) is 11.1. The van der Waals surface area contributed by atoms with Crippen LogP contribution in [0.3, 0.4) is 0 Å². The van der Waals surface area contributed by atoms with Crippen molar-refractivity contribution in [2.24, 2.45) is 0 Å². The van der Waals surface area contributed by atoms with Crippen LogP contribution in [0.1, 0.15) is 11.6 Å². The molecule has 2 N–H and O–H groups in total. The predicted octanol–water partition coefficient (Wildman–Crippen LogP) is 0.562. The zero-order valence-electron chi connectivity index (χ0n) is 7.81. The van der Waals surface area contributed by atoms with Gasteiger partial charge in [-0.05, 0) is 11.5 Å². The third-order valence-electron chi connectivity index (χ3n) is 1.79. The van der Waals surface area contributed by atoms with Crippen molar-refractivity contribution in [3.05, 3.63) is 35.9 Å². The van der Waals surface area contributed by atoms with Gasteiger partial charge in [-0.1, -0.05) is 30.3 Å². The van der Waals surface area contributed by atoms with Crippen molar-refractivity contribution in [3.8, 4) is 12.3 Å². The molecule has 0 aromatic heterocycles. The Morgan fingerprint density at radius 2 is 1.93 bits per heavy atom. The van der Waals surface area contributed by atoms with Crippen LogP contribution in [0.2, 0.25) is 0 Å². The predicted molar refractivity (Wildman–Crippen MR) is 53.8 cm³/mol. The molecule has 1 aromatic carbocycles. The summed E-state index contributed by atoms with van der Waals surface area (Å²) >= 11 is 0. The number of carboxylic acids is 1. The number of nitrogens with one attached hydrogen (secondary N) is 1. The van der Waals surface area contributed by atoms with Crippen LogP contribution in [0.25, 0.3) is 0 Å². The molecule has 4 heteroatoms. The van der Waals surface area contributed by atoms with Crippen molar-refractivity contribution in [2.45, 2.75) is 6.04 Å². The van der Waals surface area contributed by atoms with E-state index >= 15 is 0 Å². The maximum atomic E-state index is 10.9. The molecular weight excluding hydrogens is 194 g/mol. The van der Waals surface area contributed by atoms with E-state index in [1.165, 1.54) is 0 Å². The van der Waals surface area contributed by atoms with E-state index < -0.39 is 17.9 Å². The van der Waals surface area contributed by atoms with E-state index in [1.54, 1.807) is 36.3 Å². The number of rotatable bonds is 3. The molecule has 1 amide bonds. The van der Waals surface area contributed by atoms with Crippen LogP contribution in [0.4, 0.5) is 0 Å². The highest BCUT2D eigenvalue weighted by molar-refractivity contribution is 5.95. The average molecular weight is 203 g/mol. The molecule has 0 saturated heterocycles. The minimum Gasteiger partial charge on any atom is -0.479 e. The molecule has 0 saturated carbocycles. The second-order valence-electron chi connectivity index (χ2n) is 2.80. The lowest BCUT2D eigenvalue weighted by molar-refractivity contribution is -0.141. The van der Waals surface area contributed by atoms with Crippen LogP contribution in [-0.4, -0.2) is 17.0 Å². The SMILES string of the molecule is C#CC(=O)N[C@H](C(=O)O)c1ccccc1. The van der Waals surface area contributed by atoms with E-state index in [9.17, 15) is 9.59 Å². The second-order valence-corrected chi connectivity index (χ2v) is 2.80. The smallest absolute Gasteiger partial charge is 0.330 e. The minimum absolute atomic E-state index is 0.480. The number of benzene rings is 1.